The molecule has 18 heavy (non-hydrogen) atoms. The van der Waals surface area contributed by atoms with E-state index in [1.807, 2.05) is 36.3 Å². The molecule has 0 aliphatic carbocycles. The van der Waals surface area contributed by atoms with Crippen LogP contribution in [0.15, 0.2) is 37.9 Å². The number of benzene rings is 1. The van der Waals surface area contributed by atoms with E-state index in [2.05, 4.69) is 58.2 Å². The molecule has 0 saturated carbocycles. The summed E-state index contributed by atoms with van der Waals surface area (Å²) in [6, 6.07) is 4.05. The molecule has 0 bridgehead atoms. The van der Waals surface area contributed by atoms with Crippen LogP contribution in [0.3, 0.4) is 0 Å². The van der Waals surface area contributed by atoms with E-state index in [4.69, 9.17) is 0 Å². The summed E-state index contributed by atoms with van der Waals surface area (Å²) in [7, 11) is 1.93. The molecular formula is C12H12Br3N3. The van der Waals surface area contributed by atoms with E-state index in [-0.39, 0.29) is 0 Å². The minimum Gasteiger partial charge on any atom is -0.383 e. The van der Waals surface area contributed by atoms with Crippen LogP contribution in [0.5, 0.6) is 0 Å². The Kier molecular flexibility index (Phi) is 4.86. The number of aromatic nitrogens is 2. The smallest absolute Gasteiger partial charge is 0.0629 e. The number of nitrogens with zero attached hydrogens (tertiary/aromatic N) is 2. The highest BCUT2D eigenvalue weighted by molar-refractivity contribution is 9.11. The predicted molar refractivity (Wildman–Crippen MR) is 84.9 cm³/mol. The summed E-state index contributed by atoms with van der Waals surface area (Å²) in [6.07, 6.45) is 4.88. The molecule has 0 radical (unpaired) electrons. The van der Waals surface area contributed by atoms with Crippen molar-refractivity contribution >= 4 is 53.5 Å². The Morgan fingerprint density at radius 2 is 1.89 bits per heavy atom. The van der Waals surface area contributed by atoms with E-state index in [0.29, 0.717) is 0 Å². The van der Waals surface area contributed by atoms with Crippen molar-refractivity contribution in [3.8, 4) is 0 Å². The summed E-state index contributed by atoms with van der Waals surface area (Å²) in [5.41, 5.74) is 2.30. The second-order valence-electron chi connectivity index (χ2n) is 3.94. The maximum absolute atomic E-state index is 4.15. The average molecular weight is 438 g/mol. The number of anilines is 1. The Bertz CT molecular complexity index is 528. The second-order valence-corrected chi connectivity index (χ2v) is 6.57. The first-order valence-corrected chi connectivity index (χ1v) is 7.80. The van der Waals surface area contributed by atoms with Crippen LogP contribution >= 0.6 is 47.8 Å². The molecule has 1 aromatic carbocycles. The van der Waals surface area contributed by atoms with E-state index >= 15 is 0 Å². The van der Waals surface area contributed by atoms with Crippen LogP contribution in [0.1, 0.15) is 5.56 Å². The van der Waals surface area contributed by atoms with Gasteiger partial charge in [-0.25, -0.2) is 0 Å². The van der Waals surface area contributed by atoms with Crippen molar-refractivity contribution in [2.24, 2.45) is 7.05 Å². The molecular weight excluding hydrogens is 426 g/mol. The molecule has 2 rings (SSSR count). The average Bonchev–Trinajstić information content (AvgIpc) is 2.68. The molecule has 96 valence electrons. The number of hydrogen-bond donors (Lipinski definition) is 1. The highest BCUT2D eigenvalue weighted by Gasteiger charge is 2.06. The number of hydrogen-bond acceptors (Lipinski definition) is 2. The Hall–Kier alpha value is -0.330. The number of nitrogens with one attached hydrogen (secondary N) is 1. The summed E-state index contributed by atoms with van der Waals surface area (Å²) in [5, 5.41) is 7.57. The number of rotatable bonds is 4. The maximum atomic E-state index is 4.15. The topological polar surface area (TPSA) is 29.9 Å². The summed E-state index contributed by atoms with van der Waals surface area (Å²) in [4.78, 5) is 0. The van der Waals surface area contributed by atoms with Crippen LogP contribution in [-0.4, -0.2) is 16.3 Å². The van der Waals surface area contributed by atoms with Gasteiger partial charge in [0.25, 0.3) is 0 Å². The van der Waals surface area contributed by atoms with Crippen molar-refractivity contribution < 1.29 is 0 Å². The minimum absolute atomic E-state index is 0.866. The van der Waals surface area contributed by atoms with Crippen molar-refractivity contribution in [1.82, 2.24) is 9.78 Å². The van der Waals surface area contributed by atoms with Gasteiger partial charge in [-0.1, -0.05) is 15.9 Å². The second kappa shape index (κ2) is 6.21. The van der Waals surface area contributed by atoms with Crippen molar-refractivity contribution in [3.63, 3.8) is 0 Å². The zero-order valence-electron chi connectivity index (χ0n) is 9.75. The standard InChI is InChI=1S/C12H12Br3N3/c1-18-7-8(6-17-18)2-3-16-12-10(14)4-9(13)5-11(12)15/h4-7,16H,2-3H2,1H3. The van der Waals surface area contributed by atoms with E-state index in [1.165, 1.54) is 5.56 Å². The van der Waals surface area contributed by atoms with Crippen LogP contribution in [-0.2, 0) is 13.5 Å². The largest absolute Gasteiger partial charge is 0.383 e. The zero-order valence-corrected chi connectivity index (χ0v) is 14.5. The van der Waals surface area contributed by atoms with Gasteiger partial charge < -0.3 is 5.32 Å². The van der Waals surface area contributed by atoms with E-state index in [9.17, 15) is 0 Å². The van der Waals surface area contributed by atoms with Crippen LogP contribution < -0.4 is 5.32 Å². The molecule has 3 nitrogen and oxygen atoms in total. The third-order valence-electron chi connectivity index (χ3n) is 2.48. The lowest BCUT2D eigenvalue weighted by atomic mass is 10.2. The molecule has 0 saturated heterocycles. The monoisotopic (exact) mass is 435 g/mol. The van der Waals surface area contributed by atoms with Gasteiger partial charge in [0.1, 0.15) is 0 Å². The van der Waals surface area contributed by atoms with Gasteiger partial charge in [0.2, 0.25) is 0 Å². The molecule has 1 aromatic heterocycles. The molecule has 1 heterocycles. The van der Waals surface area contributed by atoms with Gasteiger partial charge >= 0.3 is 0 Å². The quantitative estimate of drug-likeness (QED) is 0.770. The fraction of sp³-hybridized carbons (Fsp3) is 0.250. The molecule has 0 unspecified atom stereocenters. The lowest BCUT2D eigenvalue weighted by Gasteiger charge is -2.10. The van der Waals surface area contributed by atoms with Crippen LogP contribution in [0.2, 0.25) is 0 Å². The molecule has 0 fully saturated rings. The van der Waals surface area contributed by atoms with E-state index < -0.39 is 0 Å². The minimum atomic E-state index is 0.866. The predicted octanol–water partition coefficient (Wildman–Crippen LogP) is 4.36. The summed E-state index contributed by atoms with van der Waals surface area (Å²) < 4.78 is 4.93. The Morgan fingerprint density at radius 1 is 1.22 bits per heavy atom. The van der Waals surface area contributed by atoms with Crippen LogP contribution in [0.4, 0.5) is 5.69 Å². The van der Waals surface area contributed by atoms with Crippen molar-refractivity contribution in [1.29, 1.82) is 0 Å². The van der Waals surface area contributed by atoms with Gasteiger partial charge in [0.15, 0.2) is 0 Å². The van der Waals surface area contributed by atoms with Gasteiger partial charge in [0.05, 0.1) is 11.9 Å². The van der Waals surface area contributed by atoms with E-state index in [1.54, 1.807) is 0 Å². The third kappa shape index (κ3) is 3.59. The molecule has 1 N–H and O–H groups in total. The first-order valence-electron chi connectivity index (χ1n) is 5.42. The molecule has 0 amide bonds. The van der Waals surface area contributed by atoms with Gasteiger partial charge in [0, 0.05) is 33.2 Å². The lowest BCUT2D eigenvalue weighted by Crippen LogP contribution is -2.05. The van der Waals surface area contributed by atoms with Crippen molar-refractivity contribution in [2.75, 3.05) is 11.9 Å². The van der Waals surface area contributed by atoms with Gasteiger partial charge in [-0.2, -0.15) is 5.10 Å². The van der Waals surface area contributed by atoms with Gasteiger partial charge in [-0.15, -0.1) is 0 Å². The Morgan fingerprint density at radius 3 is 2.44 bits per heavy atom. The first kappa shape index (κ1) is 14.1. The van der Waals surface area contributed by atoms with E-state index in [0.717, 1.165) is 32.1 Å². The third-order valence-corrected chi connectivity index (χ3v) is 4.19. The lowest BCUT2D eigenvalue weighted by molar-refractivity contribution is 0.767. The fourth-order valence-corrected chi connectivity index (χ4v) is 4.18. The fourth-order valence-electron chi connectivity index (χ4n) is 1.64. The molecule has 6 heteroatoms. The number of aryl methyl sites for hydroxylation is 1. The first-order chi connectivity index (χ1) is 8.56. The maximum Gasteiger partial charge on any atom is 0.0629 e. The molecule has 0 aliphatic heterocycles. The highest BCUT2D eigenvalue weighted by Crippen LogP contribution is 2.34. The zero-order chi connectivity index (χ0) is 13.1. The normalized spacial score (nSPS) is 10.7. The summed E-state index contributed by atoms with van der Waals surface area (Å²) >= 11 is 10.6. The molecule has 0 atom stereocenters. The molecule has 0 spiro atoms. The van der Waals surface area contributed by atoms with Crippen LogP contribution in [0.25, 0.3) is 0 Å². The SMILES string of the molecule is Cn1cc(CCNc2c(Br)cc(Br)cc2Br)cn1. The Labute approximate surface area is 131 Å². The van der Waals surface area contributed by atoms with Gasteiger partial charge in [-0.05, 0) is 56.0 Å². The van der Waals surface area contributed by atoms with Crippen molar-refractivity contribution in [2.45, 2.75) is 6.42 Å². The summed E-state index contributed by atoms with van der Waals surface area (Å²) in [6.45, 7) is 0.866. The molecule has 0 aliphatic rings. The summed E-state index contributed by atoms with van der Waals surface area (Å²) in [5.74, 6) is 0. The van der Waals surface area contributed by atoms with Crippen molar-refractivity contribution in [3.05, 3.63) is 43.5 Å². The molecule has 2 aromatic rings. The Balaban J connectivity index is 1.98. The number of halogens is 3. The van der Waals surface area contributed by atoms with Crippen LogP contribution in [0, 0.1) is 0 Å². The highest BCUT2D eigenvalue weighted by atomic mass is 79.9. The van der Waals surface area contributed by atoms with Gasteiger partial charge in [-0.3, -0.25) is 4.68 Å².